The molecule has 0 unspecified atom stereocenters. The number of H-pyrrole nitrogens is 1. The Labute approximate surface area is 251 Å². The summed E-state index contributed by atoms with van der Waals surface area (Å²) in [4.78, 5) is 37.5. The van der Waals surface area contributed by atoms with E-state index in [4.69, 9.17) is 4.98 Å². The van der Waals surface area contributed by atoms with Crippen LogP contribution >= 0.6 is 11.3 Å². The molecule has 2 aliphatic rings. The number of nitrogens with zero attached hydrogens (tertiary/aromatic N) is 2. The second-order valence-corrected chi connectivity index (χ2v) is 12.7. The van der Waals surface area contributed by atoms with Crippen molar-refractivity contribution >= 4 is 17.2 Å². The van der Waals surface area contributed by atoms with Crippen molar-refractivity contribution in [3.8, 4) is 11.1 Å². The number of hydrogen-bond donors (Lipinski definition) is 2. The number of alkyl halides is 3. The number of carbonyl (C=O) groups is 1. The first kappa shape index (κ1) is 29.3. The number of fused-ring (bicyclic) bond motifs is 1. The Morgan fingerprint density at radius 3 is 2.47 bits per heavy atom. The van der Waals surface area contributed by atoms with Gasteiger partial charge in [0.25, 0.3) is 11.5 Å². The number of aromatic amines is 1. The number of halogens is 3. The second kappa shape index (κ2) is 11.1. The molecule has 2 aromatic heterocycles. The number of benzene rings is 2. The highest BCUT2D eigenvalue weighted by Crippen LogP contribution is 2.54. The standard InChI is InChI=1S/C33H32F3N3O3S/c1-19(2)23-16-27(43-18-23)32(11-12-32)31-37-26-10-5-13-39(17-25(26)29(41)38-31)30(42)28(40)22-8-3-6-20(14-22)21-7-4-9-24(15-21)33(34,35)36/h3-4,6-9,14-16,18-19,28,40H,5,10-13,17H2,1-2H3,(H,37,38,41)/t28-/m1/s1. The second-order valence-electron chi connectivity index (χ2n) is 11.8. The van der Waals surface area contributed by atoms with E-state index in [1.807, 2.05) is 0 Å². The summed E-state index contributed by atoms with van der Waals surface area (Å²) < 4.78 is 39.7. The van der Waals surface area contributed by atoms with E-state index in [1.54, 1.807) is 35.6 Å². The summed E-state index contributed by atoms with van der Waals surface area (Å²) in [5.74, 6) is 0.525. The first-order valence-corrected chi connectivity index (χ1v) is 15.3. The third kappa shape index (κ3) is 5.65. The maximum Gasteiger partial charge on any atom is 0.416 e. The molecule has 43 heavy (non-hydrogen) atoms. The molecule has 2 aromatic carbocycles. The summed E-state index contributed by atoms with van der Waals surface area (Å²) in [5.41, 5.74) is 2.10. The minimum atomic E-state index is -4.49. The Bertz CT molecular complexity index is 1740. The van der Waals surface area contributed by atoms with Gasteiger partial charge in [-0.2, -0.15) is 13.2 Å². The smallest absolute Gasteiger partial charge is 0.378 e. The predicted octanol–water partition coefficient (Wildman–Crippen LogP) is 6.73. The molecule has 1 aliphatic heterocycles. The van der Waals surface area contributed by atoms with Crippen molar-refractivity contribution in [1.82, 2.24) is 14.9 Å². The molecule has 1 atom stereocenters. The number of aliphatic hydroxyl groups is 1. The Morgan fingerprint density at radius 2 is 1.79 bits per heavy atom. The average Bonchev–Trinajstić information content (AvgIpc) is 3.70. The van der Waals surface area contributed by atoms with Crippen LogP contribution in [0.25, 0.3) is 11.1 Å². The summed E-state index contributed by atoms with van der Waals surface area (Å²) in [6, 6.07) is 13.5. The highest BCUT2D eigenvalue weighted by Gasteiger charge is 2.50. The summed E-state index contributed by atoms with van der Waals surface area (Å²) in [6.07, 6.45) is -3.07. The Morgan fingerprint density at radius 1 is 1.07 bits per heavy atom. The van der Waals surface area contributed by atoms with Crippen molar-refractivity contribution in [1.29, 1.82) is 0 Å². The molecule has 0 saturated heterocycles. The van der Waals surface area contributed by atoms with Gasteiger partial charge in [-0.1, -0.05) is 44.2 Å². The largest absolute Gasteiger partial charge is 0.416 e. The van der Waals surface area contributed by atoms with E-state index in [9.17, 15) is 27.9 Å². The van der Waals surface area contributed by atoms with Gasteiger partial charge in [-0.15, -0.1) is 11.3 Å². The summed E-state index contributed by atoms with van der Waals surface area (Å²) in [5, 5.41) is 13.2. The molecule has 1 saturated carbocycles. The van der Waals surface area contributed by atoms with Gasteiger partial charge in [-0.25, -0.2) is 4.98 Å². The van der Waals surface area contributed by atoms with E-state index >= 15 is 0 Å². The molecule has 3 heterocycles. The number of aromatic nitrogens is 2. The minimum absolute atomic E-state index is 0.0185. The Hall–Kier alpha value is -3.76. The average molecular weight is 608 g/mol. The molecule has 0 bridgehead atoms. The fraction of sp³-hybridized carbons (Fsp3) is 0.364. The molecule has 6 nitrogen and oxygen atoms in total. The molecule has 1 aliphatic carbocycles. The highest BCUT2D eigenvalue weighted by atomic mass is 32.1. The van der Waals surface area contributed by atoms with Crippen LogP contribution in [-0.2, 0) is 29.4 Å². The van der Waals surface area contributed by atoms with Gasteiger partial charge >= 0.3 is 6.18 Å². The number of hydrogen-bond acceptors (Lipinski definition) is 5. The van der Waals surface area contributed by atoms with Crippen LogP contribution in [0.1, 0.15) is 83.8 Å². The summed E-state index contributed by atoms with van der Waals surface area (Å²) in [7, 11) is 0. The van der Waals surface area contributed by atoms with E-state index in [0.29, 0.717) is 53.5 Å². The third-order valence-corrected chi connectivity index (χ3v) is 9.68. The lowest BCUT2D eigenvalue weighted by Gasteiger charge is -2.24. The topological polar surface area (TPSA) is 86.3 Å². The zero-order chi connectivity index (χ0) is 30.5. The van der Waals surface area contributed by atoms with Gasteiger partial charge in [-0.3, -0.25) is 9.59 Å². The van der Waals surface area contributed by atoms with Crippen molar-refractivity contribution < 1.29 is 23.1 Å². The van der Waals surface area contributed by atoms with Gasteiger partial charge in [0.1, 0.15) is 5.82 Å². The van der Waals surface area contributed by atoms with Crippen LogP contribution in [0.15, 0.2) is 64.8 Å². The molecule has 10 heteroatoms. The highest BCUT2D eigenvalue weighted by molar-refractivity contribution is 7.10. The van der Waals surface area contributed by atoms with Crippen molar-refractivity contribution in [2.75, 3.05) is 6.54 Å². The molecule has 1 fully saturated rings. The zero-order valence-electron chi connectivity index (χ0n) is 23.9. The van der Waals surface area contributed by atoms with Gasteiger partial charge < -0.3 is 15.0 Å². The van der Waals surface area contributed by atoms with Crippen LogP contribution in [0.4, 0.5) is 13.2 Å². The van der Waals surface area contributed by atoms with Crippen LogP contribution < -0.4 is 5.56 Å². The van der Waals surface area contributed by atoms with E-state index < -0.39 is 23.8 Å². The normalized spacial score (nSPS) is 17.0. The van der Waals surface area contributed by atoms with E-state index in [1.165, 1.54) is 27.5 Å². The maximum absolute atomic E-state index is 13.5. The first-order chi connectivity index (χ1) is 20.5. The lowest BCUT2D eigenvalue weighted by Crippen LogP contribution is -2.36. The third-order valence-electron chi connectivity index (χ3n) is 8.52. The fourth-order valence-electron chi connectivity index (χ4n) is 5.74. The van der Waals surface area contributed by atoms with Crippen LogP contribution in [0.3, 0.4) is 0 Å². The minimum Gasteiger partial charge on any atom is -0.378 e. The molecule has 0 radical (unpaired) electrons. The van der Waals surface area contributed by atoms with Crippen molar-refractivity contribution in [2.24, 2.45) is 0 Å². The first-order valence-electron chi connectivity index (χ1n) is 14.4. The van der Waals surface area contributed by atoms with Gasteiger partial charge in [0, 0.05) is 11.4 Å². The Balaban J connectivity index is 1.23. The van der Waals surface area contributed by atoms with Gasteiger partial charge in [0.05, 0.1) is 28.8 Å². The monoisotopic (exact) mass is 607 g/mol. The molecular weight excluding hydrogens is 575 g/mol. The molecule has 4 aromatic rings. The molecule has 6 rings (SSSR count). The van der Waals surface area contributed by atoms with E-state index in [0.717, 1.165) is 25.0 Å². The number of nitrogens with one attached hydrogen (secondary N) is 1. The van der Waals surface area contributed by atoms with Crippen LogP contribution in [-0.4, -0.2) is 32.4 Å². The van der Waals surface area contributed by atoms with Crippen molar-refractivity contribution in [2.45, 2.75) is 69.7 Å². The number of aryl methyl sites for hydroxylation is 1. The van der Waals surface area contributed by atoms with Crippen LogP contribution in [0.2, 0.25) is 0 Å². The number of rotatable bonds is 6. The predicted molar refractivity (Wildman–Crippen MR) is 159 cm³/mol. The zero-order valence-corrected chi connectivity index (χ0v) is 24.7. The fourth-order valence-corrected chi connectivity index (χ4v) is 7.08. The summed E-state index contributed by atoms with van der Waals surface area (Å²) in [6.45, 7) is 4.67. The SMILES string of the molecule is CC(C)c1csc(C2(c3nc4c(c(=O)[nH]3)CN(C(=O)[C@H](O)c3cccc(-c5cccc(C(F)(F)F)c5)c3)CCC4)CC2)c1. The molecule has 2 N–H and O–H groups in total. The van der Waals surface area contributed by atoms with E-state index in [-0.39, 0.29) is 23.1 Å². The summed E-state index contributed by atoms with van der Waals surface area (Å²) >= 11 is 1.70. The van der Waals surface area contributed by atoms with Gasteiger partial charge in [0.2, 0.25) is 0 Å². The van der Waals surface area contributed by atoms with Gasteiger partial charge in [0.15, 0.2) is 6.10 Å². The number of amides is 1. The molecule has 0 spiro atoms. The van der Waals surface area contributed by atoms with Gasteiger partial charge in [-0.05, 0) is 83.5 Å². The number of carbonyl (C=O) groups excluding carboxylic acids is 1. The lowest BCUT2D eigenvalue weighted by atomic mass is 9.98. The number of aliphatic hydroxyl groups excluding tert-OH is 1. The molecule has 1 amide bonds. The lowest BCUT2D eigenvalue weighted by molar-refractivity contribution is -0.141. The number of thiophene rings is 1. The van der Waals surface area contributed by atoms with Crippen molar-refractivity contribution in [3.05, 3.63) is 109 Å². The van der Waals surface area contributed by atoms with E-state index in [2.05, 4.69) is 30.3 Å². The quantitative estimate of drug-likeness (QED) is 0.255. The van der Waals surface area contributed by atoms with Crippen LogP contribution in [0.5, 0.6) is 0 Å². The Kier molecular flexibility index (Phi) is 7.54. The maximum atomic E-state index is 13.5. The van der Waals surface area contributed by atoms with Crippen LogP contribution in [0, 0.1) is 0 Å². The molecular formula is C33H32F3N3O3S. The molecule has 224 valence electrons. The van der Waals surface area contributed by atoms with Crippen molar-refractivity contribution in [3.63, 3.8) is 0 Å².